The third kappa shape index (κ3) is 12.7. The zero-order chi connectivity index (χ0) is 42.7. The molecule has 2 aliphatic carbocycles. The van der Waals surface area contributed by atoms with E-state index in [-0.39, 0.29) is 60.0 Å². The largest absolute Gasteiger partial charge is 0.454 e. The molecule has 2 aromatic carbocycles. The molecule has 2 heterocycles. The number of amides is 4. The van der Waals surface area contributed by atoms with Gasteiger partial charge in [-0.2, -0.15) is 13.2 Å². The average molecular weight is 882 g/mol. The first-order valence-electron chi connectivity index (χ1n) is 20.1. The Morgan fingerprint density at radius 1 is 0.746 bits per heavy atom. The number of carbonyl (C=O) groups excluding carboxylic acids is 4. The Kier molecular flexibility index (Phi) is 16.4. The molecular formula is C43H53Cl2F3N4O6S. The molecule has 2 saturated carbocycles. The van der Waals surface area contributed by atoms with E-state index in [0.717, 1.165) is 79.7 Å². The number of rotatable bonds is 12. The van der Waals surface area contributed by atoms with Crippen molar-refractivity contribution in [3.05, 3.63) is 70.4 Å². The van der Waals surface area contributed by atoms with Crippen LogP contribution in [0.1, 0.15) is 108 Å². The maximum atomic E-state index is 13.4. The van der Waals surface area contributed by atoms with Crippen LogP contribution in [0, 0.1) is 5.41 Å². The van der Waals surface area contributed by atoms with Gasteiger partial charge < -0.3 is 20.1 Å². The molecule has 0 bridgehead atoms. The van der Waals surface area contributed by atoms with Gasteiger partial charge in [0.2, 0.25) is 30.4 Å². The van der Waals surface area contributed by atoms with Crippen molar-refractivity contribution in [3.63, 3.8) is 0 Å². The SMILES string of the molecule is CC(C)(C)CC(C(=O)NC1CCCCC1)N(C(=O)CCl)c1cccc(C(F)(F)F)c1.O=C(NC1CCCCC1)C(c1cccs1)N(C(=O)CCl)c1ccc2c(c1)OCO2. The summed E-state index contributed by atoms with van der Waals surface area (Å²) in [5, 5.41) is 8.08. The number of fused-ring (bicyclic) bond motifs is 1. The van der Waals surface area contributed by atoms with Crippen molar-refractivity contribution in [2.75, 3.05) is 28.4 Å². The topological polar surface area (TPSA) is 117 Å². The maximum absolute atomic E-state index is 13.4. The van der Waals surface area contributed by atoms with E-state index >= 15 is 0 Å². The number of thiophene rings is 1. The van der Waals surface area contributed by atoms with Gasteiger partial charge in [0.15, 0.2) is 11.5 Å². The molecule has 2 atom stereocenters. The van der Waals surface area contributed by atoms with Crippen LogP contribution in [0.3, 0.4) is 0 Å². The molecule has 59 heavy (non-hydrogen) atoms. The fourth-order valence-corrected chi connectivity index (χ4v) is 8.77. The highest BCUT2D eigenvalue weighted by atomic mass is 35.5. The molecule has 1 aromatic heterocycles. The Hall–Kier alpha value is -4.01. The highest BCUT2D eigenvalue weighted by molar-refractivity contribution is 7.10. The summed E-state index contributed by atoms with van der Waals surface area (Å²) in [6.07, 6.45) is 5.98. The summed E-state index contributed by atoms with van der Waals surface area (Å²) in [4.78, 5) is 55.6. The van der Waals surface area contributed by atoms with Crippen LogP contribution < -0.4 is 29.9 Å². The van der Waals surface area contributed by atoms with Crippen LogP contribution in [-0.4, -0.2) is 60.3 Å². The first-order chi connectivity index (χ1) is 28.1. The summed E-state index contributed by atoms with van der Waals surface area (Å²) in [7, 11) is 0. The average Bonchev–Trinajstić information content (AvgIpc) is 3.92. The lowest BCUT2D eigenvalue weighted by Crippen LogP contribution is -2.54. The molecule has 10 nitrogen and oxygen atoms in total. The summed E-state index contributed by atoms with van der Waals surface area (Å²) in [5.74, 6) is -0.991. The fourth-order valence-electron chi connectivity index (χ4n) is 7.70. The van der Waals surface area contributed by atoms with E-state index in [1.54, 1.807) is 18.2 Å². The second-order valence-corrected chi connectivity index (χ2v) is 17.8. The first kappa shape index (κ1) is 46.1. The molecule has 6 rings (SSSR count). The lowest BCUT2D eigenvalue weighted by molar-refractivity contribution is -0.137. The minimum atomic E-state index is -4.56. The lowest BCUT2D eigenvalue weighted by atomic mass is 9.86. The van der Waals surface area contributed by atoms with Crippen molar-refractivity contribution in [1.29, 1.82) is 0 Å². The number of alkyl halides is 5. The Morgan fingerprint density at radius 3 is 1.88 bits per heavy atom. The summed E-state index contributed by atoms with van der Waals surface area (Å²) in [6, 6.07) is 11.9. The Morgan fingerprint density at radius 2 is 1.32 bits per heavy atom. The normalized spacial score (nSPS) is 16.9. The smallest absolute Gasteiger partial charge is 0.416 e. The maximum Gasteiger partial charge on any atom is 0.416 e. The Balaban J connectivity index is 0.000000224. The van der Waals surface area contributed by atoms with Crippen molar-refractivity contribution < 1.29 is 41.8 Å². The molecule has 3 aliphatic rings. The number of nitrogens with zero attached hydrogens (tertiary/aromatic N) is 2. The number of ether oxygens (including phenoxy) is 2. The van der Waals surface area contributed by atoms with Gasteiger partial charge in [0.1, 0.15) is 23.8 Å². The number of hydrogen-bond donors (Lipinski definition) is 2. The van der Waals surface area contributed by atoms with Crippen LogP contribution in [0.25, 0.3) is 0 Å². The molecular weight excluding hydrogens is 828 g/mol. The molecule has 322 valence electrons. The van der Waals surface area contributed by atoms with Crippen molar-refractivity contribution >= 4 is 69.5 Å². The van der Waals surface area contributed by atoms with Crippen LogP contribution in [0.15, 0.2) is 60.0 Å². The van der Waals surface area contributed by atoms with E-state index in [1.807, 2.05) is 38.3 Å². The Bertz CT molecular complexity index is 1880. The zero-order valence-electron chi connectivity index (χ0n) is 33.6. The van der Waals surface area contributed by atoms with Gasteiger partial charge in [-0.25, -0.2) is 0 Å². The highest BCUT2D eigenvalue weighted by Gasteiger charge is 2.38. The van der Waals surface area contributed by atoms with Crippen LogP contribution >= 0.6 is 34.5 Å². The van der Waals surface area contributed by atoms with Gasteiger partial charge in [-0.05, 0) is 79.3 Å². The molecule has 3 aromatic rings. The van der Waals surface area contributed by atoms with E-state index in [0.29, 0.717) is 17.2 Å². The van der Waals surface area contributed by atoms with Gasteiger partial charge in [-0.1, -0.05) is 71.4 Å². The van der Waals surface area contributed by atoms with E-state index in [9.17, 15) is 32.3 Å². The minimum Gasteiger partial charge on any atom is -0.454 e. The van der Waals surface area contributed by atoms with E-state index in [4.69, 9.17) is 32.7 Å². The van der Waals surface area contributed by atoms with E-state index < -0.39 is 35.6 Å². The number of halogens is 5. The van der Waals surface area contributed by atoms with Crippen molar-refractivity contribution in [2.45, 2.75) is 122 Å². The van der Waals surface area contributed by atoms with Gasteiger partial charge in [0, 0.05) is 34.4 Å². The van der Waals surface area contributed by atoms with Crippen LogP contribution in [-0.2, 0) is 25.4 Å². The van der Waals surface area contributed by atoms with Crippen molar-refractivity contribution in [1.82, 2.24) is 10.6 Å². The van der Waals surface area contributed by atoms with Crippen LogP contribution in [0.2, 0.25) is 0 Å². The summed E-state index contributed by atoms with van der Waals surface area (Å²) < 4.78 is 50.6. The molecule has 2 unspecified atom stereocenters. The predicted molar refractivity (Wildman–Crippen MR) is 225 cm³/mol. The number of nitrogens with one attached hydrogen (secondary N) is 2. The zero-order valence-corrected chi connectivity index (χ0v) is 36.0. The third-order valence-corrected chi connectivity index (χ3v) is 11.9. The quantitative estimate of drug-likeness (QED) is 0.175. The fraction of sp³-hybridized carbons (Fsp3) is 0.535. The number of carbonyl (C=O) groups is 4. The monoisotopic (exact) mass is 880 g/mol. The molecule has 2 N–H and O–H groups in total. The summed E-state index contributed by atoms with van der Waals surface area (Å²) in [5.41, 5.74) is -0.656. The highest BCUT2D eigenvalue weighted by Crippen LogP contribution is 2.39. The standard InChI is InChI=1S/C22H30ClF3N2O2.C21H23ClN2O4S/c1-21(2,3)13-18(20(30)27-16-9-5-4-6-10-16)28(19(29)14-23)17-11-7-8-15(12-17)22(24,25)26;22-12-19(25)24(15-8-9-16-17(11-15)28-13-27-16)20(18-7-4-10-29-18)21(26)23-14-5-2-1-3-6-14/h7-8,11-12,16,18H,4-6,9-10,13-14H2,1-3H3,(H,27,30);4,7-11,14,20H,1-3,5-6,12-13H2,(H,23,26). The van der Waals surface area contributed by atoms with Gasteiger partial charge in [-0.3, -0.25) is 29.0 Å². The Labute approximate surface area is 358 Å². The van der Waals surface area contributed by atoms with Crippen molar-refractivity contribution in [2.24, 2.45) is 5.41 Å². The molecule has 16 heteroatoms. The first-order valence-corrected chi connectivity index (χ1v) is 22.0. The molecule has 1 aliphatic heterocycles. The lowest BCUT2D eigenvalue weighted by Gasteiger charge is -2.36. The number of hydrogen-bond acceptors (Lipinski definition) is 7. The molecule has 0 spiro atoms. The van der Waals surface area contributed by atoms with Gasteiger partial charge >= 0.3 is 6.18 Å². The third-order valence-electron chi connectivity index (χ3n) is 10.5. The van der Waals surface area contributed by atoms with E-state index in [2.05, 4.69) is 10.6 Å². The van der Waals surface area contributed by atoms with Gasteiger partial charge in [0.25, 0.3) is 0 Å². The van der Waals surface area contributed by atoms with Crippen molar-refractivity contribution in [3.8, 4) is 11.5 Å². The number of benzene rings is 2. The minimum absolute atomic E-state index is 0.0168. The predicted octanol–water partition coefficient (Wildman–Crippen LogP) is 9.77. The van der Waals surface area contributed by atoms with Crippen LogP contribution in [0.4, 0.5) is 24.5 Å². The summed E-state index contributed by atoms with van der Waals surface area (Å²) >= 11 is 13.2. The molecule has 2 fully saturated rings. The van der Waals surface area contributed by atoms with Gasteiger partial charge in [-0.15, -0.1) is 34.5 Å². The van der Waals surface area contributed by atoms with E-state index in [1.165, 1.54) is 34.8 Å². The second-order valence-electron chi connectivity index (χ2n) is 16.3. The number of anilines is 2. The molecule has 4 amide bonds. The van der Waals surface area contributed by atoms with Gasteiger partial charge in [0.05, 0.1) is 5.56 Å². The molecule has 0 radical (unpaired) electrons. The summed E-state index contributed by atoms with van der Waals surface area (Å²) in [6.45, 7) is 5.90. The molecule has 0 saturated heterocycles. The van der Waals surface area contributed by atoms with Crippen LogP contribution in [0.5, 0.6) is 11.5 Å². The second kappa shape index (κ2) is 21.0.